The van der Waals surface area contributed by atoms with Gasteiger partial charge in [0, 0.05) is 31.6 Å². The number of hydrogen-bond donors (Lipinski definition) is 3. The van der Waals surface area contributed by atoms with Crippen molar-refractivity contribution in [2.75, 3.05) is 17.6 Å². The van der Waals surface area contributed by atoms with Gasteiger partial charge in [0.1, 0.15) is 22.7 Å². The first-order valence-electron chi connectivity index (χ1n) is 12.8. The van der Waals surface area contributed by atoms with E-state index in [1.807, 2.05) is 73.9 Å². The van der Waals surface area contributed by atoms with Crippen LogP contribution in [-0.4, -0.2) is 32.0 Å². The van der Waals surface area contributed by atoms with Gasteiger partial charge in [-0.15, -0.1) is 5.10 Å². The standard InChI is InChI=1S/C30H27N7O3/c1-18(34-30(39)25-28(31)35-37-15-7-14-32-29(25)37)27-24(20-8-4-3-5-9-20)26(38)23-21(10-6-11-22(23)40-27)13-12-19-16-33-36(2)17-19/h3-13,15-18,32H,14H2,1-2H3,(H2,31,35)(H,34,39)/b13-12+. The lowest BCUT2D eigenvalue weighted by Crippen LogP contribution is -2.29. The number of nitrogen functional groups attached to an aromatic ring is 1. The van der Waals surface area contributed by atoms with Crippen LogP contribution in [0.3, 0.4) is 0 Å². The van der Waals surface area contributed by atoms with Crippen molar-refractivity contribution >= 4 is 46.9 Å². The highest BCUT2D eigenvalue weighted by molar-refractivity contribution is 6.04. The number of fused-ring (bicyclic) bond motifs is 2. The van der Waals surface area contributed by atoms with Gasteiger partial charge in [-0.05, 0) is 30.2 Å². The van der Waals surface area contributed by atoms with E-state index in [4.69, 9.17) is 10.2 Å². The topological polar surface area (TPSA) is 133 Å². The molecule has 1 amide bonds. The second-order valence-corrected chi connectivity index (χ2v) is 9.55. The minimum Gasteiger partial charge on any atom is -0.458 e. The van der Waals surface area contributed by atoms with Gasteiger partial charge in [0.25, 0.3) is 5.91 Å². The molecule has 4 N–H and O–H groups in total. The Bertz CT molecular complexity index is 1860. The second-order valence-electron chi connectivity index (χ2n) is 9.55. The molecule has 200 valence electrons. The summed E-state index contributed by atoms with van der Waals surface area (Å²) in [5, 5.41) is 15.0. The van der Waals surface area contributed by atoms with Gasteiger partial charge in [-0.3, -0.25) is 14.3 Å². The first-order valence-corrected chi connectivity index (χ1v) is 12.8. The van der Waals surface area contributed by atoms with E-state index < -0.39 is 11.9 Å². The molecule has 2 aromatic carbocycles. The molecule has 5 aromatic rings. The number of nitrogens with zero attached hydrogens (tertiary/aromatic N) is 4. The molecule has 0 fully saturated rings. The van der Waals surface area contributed by atoms with Gasteiger partial charge in [-0.2, -0.15) is 5.10 Å². The molecule has 1 unspecified atom stereocenters. The fraction of sp³-hybridized carbons (Fsp3) is 0.133. The fourth-order valence-corrected chi connectivity index (χ4v) is 4.91. The summed E-state index contributed by atoms with van der Waals surface area (Å²) >= 11 is 0. The SMILES string of the molecule is CC(NC(=O)c1c(N)nn2c1NCC=C2)c1oc2cccc(/C=C/c3cnn(C)c3)c2c(=O)c1-c1ccccc1. The molecule has 0 spiro atoms. The van der Waals surface area contributed by atoms with Crippen molar-refractivity contribution in [2.45, 2.75) is 13.0 Å². The Morgan fingerprint density at radius 2 is 2.00 bits per heavy atom. The van der Waals surface area contributed by atoms with Crippen molar-refractivity contribution in [1.29, 1.82) is 0 Å². The molecule has 10 nitrogen and oxygen atoms in total. The zero-order chi connectivity index (χ0) is 27.8. The molecule has 0 bridgehead atoms. The normalized spacial score (nSPS) is 13.3. The van der Waals surface area contributed by atoms with Crippen LogP contribution in [0, 0.1) is 0 Å². The van der Waals surface area contributed by atoms with E-state index in [2.05, 4.69) is 20.8 Å². The first kappa shape index (κ1) is 24.9. The summed E-state index contributed by atoms with van der Waals surface area (Å²) in [5.74, 6) is 0.534. The van der Waals surface area contributed by atoms with Gasteiger partial charge >= 0.3 is 0 Å². The number of carbonyl (C=O) groups excluding carboxylic acids is 1. The number of aromatic nitrogens is 4. The zero-order valence-electron chi connectivity index (χ0n) is 22.0. The largest absolute Gasteiger partial charge is 0.458 e. The van der Waals surface area contributed by atoms with Crippen LogP contribution < -0.4 is 21.8 Å². The highest BCUT2D eigenvalue weighted by Gasteiger charge is 2.27. The van der Waals surface area contributed by atoms with Crippen molar-refractivity contribution in [3.05, 3.63) is 99.7 Å². The number of anilines is 2. The third-order valence-corrected chi connectivity index (χ3v) is 6.76. The molecule has 6 rings (SSSR count). The molecule has 0 aliphatic carbocycles. The minimum absolute atomic E-state index is 0.104. The Morgan fingerprint density at radius 1 is 1.18 bits per heavy atom. The van der Waals surface area contributed by atoms with Crippen molar-refractivity contribution in [2.24, 2.45) is 7.05 Å². The molecule has 3 aromatic heterocycles. The van der Waals surface area contributed by atoms with Gasteiger partial charge < -0.3 is 20.8 Å². The number of hydrogen-bond acceptors (Lipinski definition) is 7. The summed E-state index contributed by atoms with van der Waals surface area (Å²) in [6.07, 6.45) is 11.0. The average Bonchev–Trinajstić information content (AvgIpc) is 3.53. The van der Waals surface area contributed by atoms with E-state index in [0.29, 0.717) is 45.8 Å². The maximum absolute atomic E-state index is 14.2. The molecule has 1 aliphatic rings. The molecule has 0 radical (unpaired) electrons. The third-order valence-electron chi connectivity index (χ3n) is 6.76. The Morgan fingerprint density at radius 3 is 2.77 bits per heavy atom. The summed E-state index contributed by atoms with van der Waals surface area (Å²) in [5.41, 5.74) is 9.26. The highest BCUT2D eigenvalue weighted by Crippen LogP contribution is 2.32. The Kier molecular flexibility index (Phi) is 6.27. The average molecular weight is 534 g/mol. The van der Waals surface area contributed by atoms with Gasteiger partial charge in [0.2, 0.25) is 5.43 Å². The van der Waals surface area contributed by atoms with Crippen molar-refractivity contribution in [1.82, 2.24) is 24.9 Å². The lowest BCUT2D eigenvalue weighted by atomic mass is 9.97. The molecule has 1 aliphatic heterocycles. The number of nitrogens with one attached hydrogen (secondary N) is 2. The van der Waals surface area contributed by atoms with E-state index in [0.717, 1.165) is 5.56 Å². The van der Waals surface area contributed by atoms with Crippen LogP contribution in [0.25, 0.3) is 40.4 Å². The number of amides is 1. The van der Waals surface area contributed by atoms with Crippen LogP contribution in [0.4, 0.5) is 11.6 Å². The van der Waals surface area contributed by atoms with Gasteiger partial charge in [-0.1, -0.05) is 54.6 Å². The molecule has 4 heterocycles. The van der Waals surface area contributed by atoms with E-state index >= 15 is 0 Å². The molecule has 40 heavy (non-hydrogen) atoms. The van der Waals surface area contributed by atoms with Crippen LogP contribution >= 0.6 is 0 Å². The number of rotatable bonds is 6. The smallest absolute Gasteiger partial charge is 0.259 e. The molecule has 1 atom stereocenters. The van der Waals surface area contributed by atoms with Crippen LogP contribution in [0.1, 0.15) is 40.2 Å². The minimum atomic E-state index is -0.663. The third kappa shape index (κ3) is 4.45. The van der Waals surface area contributed by atoms with Crippen LogP contribution in [-0.2, 0) is 7.05 Å². The van der Waals surface area contributed by atoms with E-state index in [-0.39, 0.29) is 16.8 Å². The van der Waals surface area contributed by atoms with Gasteiger partial charge in [0.05, 0.1) is 23.2 Å². The molecule has 0 saturated heterocycles. The Balaban J connectivity index is 1.45. The summed E-state index contributed by atoms with van der Waals surface area (Å²) in [4.78, 5) is 27.6. The number of aryl methyl sites for hydroxylation is 1. The Hall–Kier alpha value is -5.38. The molecule has 10 heteroatoms. The predicted octanol–water partition coefficient (Wildman–Crippen LogP) is 4.53. The van der Waals surface area contributed by atoms with Crippen molar-refractivity contribution in [3.8, 4) is 11.1 Å². The lowest BCUT2D eigenvalue weighted by Gasteiger charge is -2.19. The van der Waals surface area contributed by atoms with Crippen LogP contribution in [0.2, 0.25) is 0 Å². The second kappa shape index (κ2) is 10.1. The summed E-state index contributed by atoms with van der Waals surface area (Å²) < 4.78 is 9.65. The first-order chi connectivity index (χ1) is 19.4. The summed E-state index contributed by atoms with van der Waals surface area (Å²) in [7, 11) is 1.85. The van der Waals surface area contributed by atoms with E-state index in [1.54, 1.807) is 30.1 Å². The molecule has 0 saturated carbocycles. The Labute approximate surface area is 229 Å². The van der Waals surface area contributed by atoms with Crippen LogP contribution in [0.5, 0.6) is 0 Å². The summed E-state index contributed by atoms with van der Waals surface area (Å²) in [6, 6.07) is 14.1. The summed E-state index contributed by atoms with van der Waals surface area (Å²) in [6.45, 7) is 2.33. The van der Waals surface area contributed by atoms with Gasteiger partial charge in [0.15, 0.2) is 5.82 Å². The monoisotopic (exact) mass is 533 g/mol. The highest BCUT2D eigenvalue weighted by atomic mass is 16.3. The van der Waals surface area contributed by atoms with Crippen molar-refractivity contribution in [3.63, 3.8) is 0 Å². The lowest BCUT2D eigenvalue weighted by molar-refractivity contribution is 0.0937. The number of nitrogens with two attached hydrogens (primary N) is 1. The van der Waals surface area contributed by atoms with Crippen molar-refractivity contribution < 1.29 is 9.21 Å². The number of benzene rings is 2. The zero-order valence-corrected chi connectivity index (χ0v) is 22.0. The molecular weight excluding hydrogens is 506 g/mol. The predicted molar refractivity (Wildman–Crippen MR) is 156 cm³/mol. The molecular formula is C30H27N7O3. The maximum atomic E-state index is 14.2. The quantitative estimate of drug-likeness (QED) is 0.292. The van der Waals surface area contributed by atoms with Crippen LogP contribution in [0.15, 0.2) is 76.2 Å². The van der Waals surface area contributed by atoms with E-state index in [9.17, 15) is 9.59 Å². The fourth-order valence-electron chi connectivity index (χ4n) is 4.91. The number of carbonyl (C=O) groups is 1. The van der Waals surface area contributed by atoms with Gasteiger partial charge in [-0.25, -0.2) is 4.68 Å². The maximum Gasteiger partial charge on any atom is 0.259 e. The van der Waals surface area contributed by atoms with E-state index in [1.165, 1.54) is 4.68 Å².